The molecule has 0 spiro atoms. The fraction of sp³-hybridized carbons (Fsp3) is 0.136. The first-order valence-corrected chi connectivity index (χ1v) is 8.93. The number of para-hydroxylation sites is 1. The molecule has 27 heavy (non-hydrogen) atoms. The predicted octanol–water partition coefficient (Wildman–Crippen LogP) is 5.54. The fourth-order valence-electron chi connectivity index (χ4n) is 2.75. The van der Waals surface area contributed by atoms with Crippen molar-refractivity contribution in [2.75, 3.05) is 5.32 Å². The highest BCUT2D eigenvalue weighted by molar-refractivity contribution is 6.33. The highest BCUT2D eigenvalue weighted by atomic mass is 35.5. The number of carbonyl (C=O) groups is 1. The maximum Gasteiger partial charge on any atom is 0.337 e. The Labute approximate surface area is 163 Å². The molecule has 0 heterocycles. The molecule has 2 N–H and O–H groups in total. The minimum absolute atomic E-state index is 0.0747. The lowest BCUT2D eigenvalue weighted by Crippen LogP contribution is -2.05. The second-order valence-electron chi connectivity index (χ2n) is 6.24. The number of hydrogen-bond donors (Lipinski definition) is 2. The van der Waals surface area contributed by atoms with Gasteiger partial charge in [-0.3, -0.25) is 0 Å². The molecule has 3 aromatic rings. The number of hydrogen-bond acceptors (Lipinski definition) is 3. The molecule has 0 radical (unpaired) electrons. The molecule has 0 aliphatic rings. The summed E-state index contributed by atoms with van der Waals surface area (Å²) in [5.41, 5.74) is 4.05. The van der Waals surface area contributed by atoms with E-state index in [1.807, 2.05) is 36.4 Å². The lowest BCUT2D eigenvalue weighted by molar-refractivity contribution is 0.0697. The van der Waals surface area contributed by atoms with E-state index in [0.717, 1.165) is 16.9 Å². The molecule has 0 saturated heterocycles. The van der Waals surface area contributed by atoms with Crippen LogP contribution in [0.4, 0.5) is 5.69 Å². The molecule has 3 aromatic carbocycles. The number of carboxylic acid groups (broad SMARTS) is 1. The standard InChI is InChI=1S/C22H20ClNO3/c1-15-5-4-6-16(11-15)14-27-21-8-3-2-7-17(21)13-24-18-9-10-20(23)19(12-18)22(25)26/h2-12,24H,13-14H2,1H3,(H,25,26). The van der Waals surface area contributed by atoms with Gasteiger partial charge in [-0.1, -0.05) is 59.6 Å². The van der Waals surface area contributed by atoms with Gasteiger partial charge < -0.3 is 15.2 Å². The van der Waals surface area contributed by atoms with Crippen LogP contribution in [-0.4, -0.2) is 11.1 Å². The monoisotopic (exact) mass is 381 g/mol. The third kappa shape index (κ3) is 5.02. The molecular formula is C22H20ClNO3. The van der Waals surface area contributed by atoms with E-state index in [4.69, 9.17) is 16.3 Å². The van der Waals surface area contributed by atoms with Gasteiger partial charge in [0.25, 0.3) is 0 Å². The van der Waals surface area contributed by atoms with Crippen molar-refractivity contribution in [1.29, 1.82) is 0 Å². The van der Waals surface area contributed by atoms with E-state index in [1.54, 1.807) is 12.1 Å². The van der Waals surface area contributed by atoms with Crippen molar-refractivity contribution in [3.63, 3.8) is 0 Å². The van der Waals surface area contributed by atoms with Crippen LogP contribution in [0.3, 0.4) is 0 Å². The molecule has 0 aromatic heterocycles. The molecule has 0 unspecified atom stereocenters. The predicted molar refractivity (Wildman–Crippen MR) is 108 cm³/mol. The van der Waals surface area contributed by atoms with Crippen molar-refractivity contribution in [3.05, 3.63) is 94.0 Å². The second kappa shape index (κ2) is 8.60. The Kier molecular flexibility index (Phi) is 5.99. The zero-order valence-corrected chi connectivity index (χ0v) is 15.7. The van der Waals surface area contributed by atoms with Gasteiger partial charge >= 0.3 is 5.97 Å². The van der Waals surface area contributed by atoms with Gasteiger partial charge in [0.15, 0.2) is 0 Å². The maximum absolute atomic E-state index is 11.2. The summed E-state index contributed by atoms with van der Waals surface area (Å²) in [6.45, 7) is 3.05. The molecule has 4 nitrogen and oxygen atoms in total. The summed E-state index contributed by atoms with van der Waals surface area (Å²) in [5.74, 6) is -0.260. The summed E-state index contributed by atoms with van der Waals surface area (Å²) in [6.07, 6.45) is 0. The lowest BCUT2D eigenvalue weighted by Gasteiger charge is -2.13. The fourth-order valence-corrected chi connectivity index (χ4v) is 2.95. The van der Waals surface area contributed by atoms with Crippen LogP contribution in [0.5, 0.6) is 5.75 Å². The third-order valence-electron chi connectivity index (χ3n) is 4.13. The van der Waals surface area contributed by atoms with Gasteiger partial charge in [0.1, 0.15) is 12.4 Å². The first-order valence-electron chi connectivity index (χ1n) is 8.56. The number of ether oxygens (including phenoxy) is 1. The van der Waals surface area contributed by atoms with Crippen LogP contribution in [0.1, 0.15) is 27.0 Å². The average Bonchev–Trinajstić information content (AvgIpc) is 2.66. The second-order valence-corrected chi connectivity index (χ2v) is 6.65. The Morgan fingerprint density at radius 1 is 1.07 bits per heavy atom. The SMILES string of the molecule is Cc1cccc(COc2ccccc2CNc2ccc(Cl)c(C(=O)O)c2)c1. The lowest BCUT2D eigenvalue weighted by atomic mass is 10.1. The van der Waals surface area contributed by atoms with Gasteiger partial charge in [-0.25, -0.2) is 4.79 Å². The smallest absolute Gasteiger partial charge is 0.337 e. The number of nitrogens with one attached hydrogen (secondary N) is 1. The Hall–Kier alpha value is -2.98. The number of benzene rings is 3. The number of aryl methyl sites for hydroxylation is 1. The molecular weight excluding hydrogens is 362 g/mol. The van der Waals surface area contributed by atoms with E-state index in [1.165, 1.54) is 11.6 Å². The van der Waals surface area contributed by atoms with Crippen LogP contribution in [0.2, 0.25) is 5.02 Å². The highest BCUT2D eigenvalue weighted by Gasteiger charge is 2.10. The Morgan fingerprint density at radius 3 is 2.67 bits per heavy atom. The Balaban J connectivity index is 1.69. The zero-order chi connectivity index (χ0) is 19.2. The zero-order valence-electron chi connectivity index (χ0n) is 14.9. The summed E-state index contributed by atoms with van der Waals surface area (Å²) in [5, 5.41) is 12.6. The molecule has 0 fully saturated rings. The van der Waals surface area contributed by atoms with Gasteiger partial charge in [-0.05, 0) is 36.8 Å². The summed E-state index contributed by atoms with van der Waals surface area (Å²) < 4.78 is 5.99. The summed E-state index contributed by atoms with van der Waals surface area (Å²) in [7, 11) is 0. The largest absolute Gasteiger partial charge is 0.489 e. The molecule has 5 heteroatoms. The van der Waals surface area contributed by atoms with E-state index in [-0.39, 0.29) is 10.6 Å². The first-order chi connectivity index (χ1) is 13.0. The molecule has 0 amide bonds. The Bertz CT molecular complexity index is 956. The summed E-state index contributed by atoms with van der Waals surface area (Å²) in [6, 6.07) is 20.8. The van der Waals surface area contributed by atoms with Gasteiger partial charge in [0, 0.05) is 17.8 Å². The van der Waals surface area contributed by atoms with Crippen LogP contribution >= 0.6 is 11.6 Å². The molecule has 0 saturated carbocycles. The van der Waals surface area contributed by atoms with Crippen molar-refractivity contribution >= 4 is 23.3 Å². The summed E-state index contributed by atoms with van der Waals surface area (Å²) in [4.78, 5) is 11.2. The number of anilines is 1. The maximum atomic E-state index is 11.2. The van der Waals surface area contributed by atoms with Gasteiger partial charge in [-0.2, -0.15) is 0 Å². The van der Waals surface area contributed by atoms with Crippen molar-refractivity contribution in [2.45, 2.75) is 20.1 Å². The third-order valence-corrected chi connectivity index (χ3v) is 4.46. The molecule has 0 aliphatic carbocycles. The summed E-state index contributed by atoms with van der Waals surface area (Å²) >= 11 is 5.92. The van der Waals surface area contributed by atoms with Gasteiger partial charge in [0.2, 0.25) is 0 Å². The minimum Gasteiger partial charge on any atom is -0.489 e. The van der Waals surface area contributed by atoms with Crippen molar-refractivity contribution in [2.24, 2.45) is 0 Å². The quantitative estimate of drug-likeness (QED) is 0.564. The minimum atomic E-state index is -1.05. The van der Waals surface area contributed by atoms with Crippen molar-refractivity contribution in [1.82, 2.24) is 0 Å². The molecule has 3 rings (SSSR count). The molecule has 0 bridgehead atoms. The molecule has 0 atom stereocenters. The normalized spacial score (nSPS) is 10.4. The van der Waals surface area contributed by atoms with Crippen molar-refractivity contribution < 1.29 is 14.6 Å². The number of halogens is 1. The van der Waals surface area contributed by atoms with Crippen molar-refractivity contribution in [3.8, 4) is 5.75 Å². The highest BCUT2D eigenvalue weighted by Crippen LogP contribution is 2.24. The number of rotatable bonds is 7. The topological polar surface area (TPSA) is 58.6 Å². The Morgan fingerprint density at radius 2 is 1.89 bits per heavy atom. The van der Waals surface area contributed by atoms with Crippen LogP contribution in [0, 0.1) is 6.92 Å². The molecule has 138 valence electrons. The average molecular weight is 382 g/mol. The van der Waals surface area contributed by atoms with Crippen LogP contribution in [0.25, 0.3) is 0 Å². The molecule has 0 aliphatic heterocycles. The van der Waals surface area contributed by atoms with Gasteiger partial charge in [-0.15, -0.1) is 0 Å². The van der Waals surface area contributed by atoms with E-state index in [0.29, 0.717) is 18.8 Å². The van der Waals surface area contributed by atoms with Crippen LogP contribution < -0.4 is 10.1 Å². The van der Waals surface area contributed by atoms with E-state index >= 15 is 0 Å². The van der Waals surface area contributed by atoms with Crippen LogP contribution in [-0.2, 0) is 13.2 Å². The van der Waals surface area contributed by atoms with Crippen LogP contribution in [0.15, 0.2) is 66.7 Å². The van der Waals surface area contributed by atoms with E-state index in [9.17, 15) is 9.90 Å². The van der Waals surface area contributed by atoms with Gasteiger partial charge in [0.05, 0.1) is 10.6 Å². The number of aromatic carboxylic acids is 1. The first kappa shape index (κ1) is 18.8. The van der Waals surface area contributed by atoms with E-state index in [2.05, 4.69) is 24.4 Å². The number of carboxylic acids is 1. The van der Waals surface area contributed by atoms with E-state index < -0.39 is 5.97 Å².